The molecule has 0 atom stereocenters. The molecule has 0 aliphatic heterocycles. The van der Waals surface area contributed by atoms with Crippen LogP contribution in [0.15, 0.2) is 34.8 Å². The van der Waals surface area contributed by atoms with Gasteiger partial charge in [0.25, 0.3) is 0 Å². The Kier molecular flexibility index (Phi) is 5.38. The number of aromatic nitrogens is 2. The maximum atomic E-state index is 11.7. The van der Waals surface area contributed by atoms with Crippen LogP contribution in [-0.2, 0) is 16.1 Å². The van der Waals surface area contributed by atoms with E-state index in [1.54, 1.807) is 4.68 Å². The van der Waals surface area contributed by atoms with Crippen molar-refractivity contribution in [3.05, 3.63) is 46.2 Å². The Bertz CT molecular complexity index is 625. The van der Waals surface area contributed by atoms with Gasteiger partial charge in [0.1, 0.15) is 25.5 Å². The second kappa shape index (κ2) is 7.26. The van der Waals surface area contributed by atoms with E-state index in [4.69, 9.17) is 9.47 Å². The molecule has 0 N–H and O–H groups in total. The Morgan fingerprint density at radius 2 is 2.10 bits per heavy atom. The van der Waals surface area contributed by atoms with Gasteiger partial charge in [-0.1, -0.05) is 22.0 Å². The molecule has 0 saturated carbocycles. The second-order valence-corrected chi connectivity index (χ2v) is 5.53. The molecule has 2 aromatic rings. The van der Waals surface area contributed by atoms with Gasteiger partial charge in [-0.05, 0) is 38.1 Å². The molecule has 0 aliphatic rings. The number of benzene rings is 1. The standard InChI is InChI=1S/C15H17BrN2O3/c1-11-8-12(2)18(17-11)10-15(19)21-7-6-20-14-5-3-4-13(16)9-14/h3-5,8-9H,6-7,10H2,1-2H3. The molecule has 2 rings (SSSR count). The van der Waals surface area contributed by atoms with Gasteiger partial charge in [0.15, 0.2) is 0 Å². The van der Waals surface area contributed by atoms with Crippen LogP contribution in [0, 0.1) is 13.8 Å². The number of rotatable bonds is 6. The lowest BCUT2D eigenvalue weighted by molar-refractivity contribution is -0.145. The molecule has 0 bridgehead atoms. The number of ether oxygens (including phenoxy) is 2. The lowest BCUT2D eigenvalue weighted by Crippen LogP contribution is -2.18. The average Bonchev–Trinajstić information content (AvgIpc) is 2.73. The summed E-state index contributed by atoms with van der Waals surface area (Å²) in [5.41, 5.74) is 1.83. The van der Waals surface area contributed by atoms with Gasteiger partial charge in [0, 0.05) is 10.2 Å². The molecule has 0 amide bonds. The Morgan fingerprint density at radius 1 is 1.29 bits per heavy atom. The highest BCUT2D eigenvalue weighted by molar-refractivity contribution is 9.10. The number of nitrogens with zero attached hydrogens (tertiary/aromatic N) is 2. The molecule has 0 unspecified atom stereocenters. The Hall–Kier alpha value is -1.82. The predicted molar refractivity (Wildman–Crippen MR) is 82.3 cm³/mol. The zero-order chi connectivity index (χ0) is 15.2. The van der Waals surface area contributed by atoms with Crippen molar-refractivity contribution in [1.82, 2.24) is 9.78 Å². The van der Waals surface area contributed by atoms with Crippen LogP contribution in [0.4, 0.5) is 0 Å². The number of halogens is 1. The minimum Gasteiger partial charge on any atom is -0.490 e. The summed E-state index contributed by atoms with van der Waals surface area (Å²) in [5, 5.41) is 4.22. The fraction of sp³-hybridized carbons (Fsp3) is 0.333. The molecule has 0 fully saturated rings. The van der Waals surface area contributed by atoms with Gasteiger partial charge < -0.3 is 9.47 Å². The molecule has 6 heteroatoms. The summed E-state index contributed by atoms with van der Waals surface area (Å²) in [6.07, 6.45) is 0. The van der Waals surface area contributed by atoms with Gasteiger partial charge >= 0.3 is 5.97 Å². The first-order chi connectivity index (χ1) is 10.0. The number of esters is 1. The van der Waals surface area contributed by atoms with Gasteiger partial charge in [-0.25, -0.2) is 0 Å². The van der Waals surface area contributed by atoms with Crippen molar-refractivity contribution in [2.24, 2.45) is 0 Å². The maximum absolute atomic E-state index is 11.7. The molecule has 1 aromatic carbocycles. The van der Waals surface area contributed by atoms with Crippen LogP contribution in [0.1, 0.15) is 11.4 Å². The molecular weight excluding hydrogens is 336 g/mol. The Labute approximate surface area is 132 Å². The summed E-state index contributed by atoms with van der Waals surface area (Å²) in [6.45, 7) is 4.45. The highest BCUT2D eigenvalue weighted by Crippen LogP contribution is 2.17. The van der Waals surface area contributed by atoms with Gasteiger partial charge in [0.05, 0.1) is 5.69 Å². The van der Waals surface area contributed by atoms with Gasteiger partial charge in [-0.2, -0.15) is 5.10 Å². The van der Waals surface area contributed by atoms with E-state index in [-0.39, 0.29) is 19.1 Å². The number of aryl methyl sites for hydroxylation is 2. The third kappa shape index (κ3) is 4.90. The van der Waals surface area contributed by atoms with E-state index in [0.717, 1.165) is 21.6 Å². The molecule has 0 aliphatic carbocycles. The van der Waals surface area contributed by atoms with Crippen molar-refractivity contribution in [2.75, 3.05) is 13.2 Å². The van der Waals surface area contributed by atoms with Crippen molar-refractivity contribution in [3.63, 3.8) is 0 Å². The van der Waals surface area contributed by atoms with Crippen molar-refractivity contribution in [3.8, 4) is 5.75 Å². The van der Waals surface area contributed by atoms with E-state index in [9.17, 15) is 4.79 Å². The fourth-order valence-corrected chi connectivity index (χ4v) is 2.25. The molecule has 0 spiro atoms. The summed E-state index contributed by atoms with van der Waals surface area (Å²) in [5.74, 6) is 0.415. The number of hydrogen-bond acceptors (Lipinski definition) is 4. The molecular formula is C15H17BrN2O3. The summed E-state index contributed by atoms with van der Waals surface area (Å²) in [6, 6.07) is 9.43. The first kappa shape index (κ1) is 15.6. The summed E-state index contributed by atoms with van der Waals surface area (Å²) < 4.78 is 13.2. The van der Waals surface area contributed by atoms with Crippen LogP contribution in [-0.4, -0.2) is 29.0 Å². The first-order valence-electron chi connectivity index (χ1n) is 6.59. The molecule has 5 nitrogen and oxygen atoms in total. The quantitative estimate of drug-likeness (QED) is 0.592. The summed E-state index contributed by atoms with van der Waals surface area (Å²) in [4.78, 5) is 11.7. The normalized spacial score (nSPS) is 10.4. The van der Waals surface area contributed by atoms with Crippen LogP contribution >= 0.6 is 15.9 Å². The topological polar surface area (TPSA) is 53.4 Å². The minimum atomic E-state index is -0.320. The lowest BCUT2D eigenvalue weighted by atomic mass is 10.3. The van der Waals surface area contributed by atoms with Gasteiger partial charge in [0.2, 0.25) is 0 Å². The molecule has 1 aromatic heterocycles. The van der Waals surface area contributed by atoms with Crippen LogP contribution in [0.2, 0.25) is 0 Å². The molecule has 1 heterocycles. The summed E-state index contributed by atoms with van der Waals surface area (Å²) >= 11 is 3.37. The van der Waals surface area contributed by atoms with Crippen molar-refractivity contribution < 1.29 is 14.3 Å². The van der Waals surface area contributed by atoms with Crippen LogP contribution < -0.4 is 4.74 Å². The smallest absolute Gasteiger partial charge is 0.327 e. The van der Waals surface area contributed by atoms with E-state index in [1.165, 1.54) is 0 Å². The largest absolute Gasteiger partial charge is 0.490 e. The third-order valence-corrected chi connectivity index (χ3v) is 3.29. The van der Waals surface area contributed by atoms with Crippen molar-refractivity contribution >= 4 is 21.9 Å². The van der Waals surface area contributed by atoms with Crippen molar-refractivity contribution in [1.29, 1.82) is 0 Å². The van der Waals surface area contributed by atoms with Crippen LogP contribution in [0.3, 0.4) is 0 Å². The minimum absolute atomic E-state index is 0.122. The predicted octanol–water partition coefficient (Wildman–Crippen LogP) is 2.88. The number of carbonyl (C=O) groups excluding carboxylic acids is 1. The van der Waals surface area contributed by atoms with E-state index >= 15 is 0 Å². The van der Waals surface area contributed by atoms with Crippen molar-refractivity contribution in [2.45, 2.75) is 20.4 Å². The zero-order valence-electron chi connectivity index (χ0n) is 12.0. The second-order valence-electron chi connectivity index (χ2n) is 4.61. The maximum Gasteiger partial charge on any atom is 0.327 e. The first-order valence-corrected chi connectivity index (χ1v) is 7.39. The monoisotopic (exact) mass is 352 g/mol. The Balaban J connectivity index is 1.71. The zero-order valence-corrected chi connectivity index (χ0v) is 13.6. The number of hydrogen-bond donors (Lipinski definition) is 0. The van der Waals surface area contributed by atoms with Crippen LogP contribution in [0.25, 0.3) is 0 Å². The molecule has 0 radical (unpaired) electrons. The lowest BCUT2D eigenvalue weighted by Gasteiger charge is -2.08. The highest BCUT2D eigenvalue weighted by Gasteiger charge is 2.08. The van der Waals surface area contributed by atoms with E-state index < -0.39 is 0 Å². The van der Waals surface area contributed by atoms with E-state index in [1.807, 2.05) is 44.2 Å². The average molecular weight is 353 g/mol. The molecule has 112 valence electrons. The van der Waals surface area contributed by atoms with Crippen LogP contribution in [0.5, 0.6) is 5.75 Å². The van der Waals surface area contributed by atoms with E-state index in [0.29, 0.717) is 6.61 Å². The SMILES string of the molecule is Cc1cc(C)n(CC(=O)OCCOc2cccc(Br)c2)n1. The van der Waals surface area contributed by atoms with E-state index in [2.05, 4.69) is 21.0 Å². The summed E-state index contributed by atoms with van der Waals surface area (Å²) in [7, 11) is 0. The number of carbonyl (C=O) groups is 1. The van der Waals surface area contributed by atoms with Gasteiger partial charge in [-0.15, -0.1) is 0 Å². The third-order valence-electron chi connectivity index (χ3n) is 2.79. The molecule has 0 saturated heterocycles. The highest BCUT2D eigenvalue weighted by atomic mass is 79.9. The van der Waals surface area contributed by atoms with Gasteiger partial charge in [-0.3, -0.25) is 9.48 Å². The Morgan fingerprint density at radius 3 is 2.76 bits per heavy atom. The fourth-order valence-electron chi connectivity index (χ4n) is 1.87. The molecule has 21 heavy (non-hydrogen) atoms.